The van der Waals surface area contributed by atoms with Gasteiger partial charge in [-0.05, 0) is 37.0 Å². The third kappa shape index (κ3) is 8.79. The molecule has 2 atom stereocenters. The summed E-state index contributed by atoms with van der Waals surface area (Å²) in [5, 5.41) is 17.7. The van der Waals surface area contributed by atoms with Crippen LogP contribution >= 0.6 is 7.37 Å². The van der Waals surface area contributed by atoms with E-state index in [4.69, 9.17) is 10.2 Å². The lowest BCUT2D eigenvalue weighted by Crippen LogP contribution is -2.15. The van der Waals surface area contributed by atoms with Crippen LogP contribution in [0.5, 0.6) is 0 Å². The molecule has 0 spiro atoms. The number of rotatable bonds is 12. The molecular formula is C16H24NO6P. The van der Waals surface area contributed by atoms with Crippen LogP contribution in [0.1, 0.15) is 44.1 Å². The van der Waals surface area contributed by atoms with Gasteiger partial charge < -0.3 is 15.1 Å². The van der Waals surface area contributed by atoms with Gasteiger partial charge in [-0.25, -0.2) is 0 Å². The summed E-state index contributed by atoms with van der Waals surface area (Å²) in [5.74, 6) is -2.65. The van der Waals surface area contributed by atoms with E-state index in [1.807, 2.05) is 0 Å². The smallest absolute Gasteiger partial charge is 0.306 e. The maximum absolute atomic E-state index is 12.1. The van der Waals surface area contributed by atoms with Crippen molar-refractivity contribution >= 4 is 19.3 Å². The maximum Gasteiger partial charge on any atom is 0.306 e. The molecule has 1 heterocycles. The molecule has 1 aromatic heterocycles. The Hall–Kier alpha value is -1.72. The molecule has 24 heavy (non-hydrogen) atoms. The van der Waals surface area contributed by atoms with Gasteiger partial charge >= 0.3 is 11.9 Å². The summed E-state index contributed by atoms with van der Waals surface area (Å²) in [6.45, 7) is 0. The summed E-state index contributed by atoms with van der Waals surface area (Å²) >= 11 is 0. The number of pyridine rings is 1. The van der Waals surface area contributed by atoms with Gasteiger partial charge in [-0.15, -0.1) is 0 Å². The Balaban J connectivity index is 2.27. The van der Waals surface area contributed by atoms with Crippen LogP contribution < -0.4 is 0 Å². The van der Waals surface area contributed by atoms with Crippen molar-refractivity contribution in [2.75, 3.05) is 6.16 Å². The lowest BCUT2D eigenvalue weighted by Gasteiger charge is -2.13. The highest BCUT2D eigenvalue weighted by Gasteiger charge is 2.20. The van der Waals surface area contributed by atoms with Gasteiger partial charge in [-0.1, -0.05) is 12.8 Å². The first-order valence-electron chi connectivity index (χ1n) is 7.94. The van der Waals surface area contributed by atoms with Crippen LogP contribution in [0.3, 0.4) is 0 Å². The van der Waals surface area contributed by atoms with Crippen molar-refractivity contribution in [2.24, 2.45) is 5.92 Å². The number of hydrogen-bond donors (Lipinski definition) is 3. The van der Waals surface area contributed by atoms with E-state index in [0.29, 0.717) is 25.7 Å². The van der Waals surface area contributed by atoms with Gasteiger partial charge in [0, 0.05) is 31.1 Å². The van der Waals surface area contributed by atoms with Gasteiger partial charge in [0.2, 0.25) is 7.37 Å². The first-order chi connectivity index (χ1) is 11.3. The second-order valence-corrected chi connectivity index (χ2v) is 8.36. The minimum atomic E-state index is -3.25. The summed E-state index contributed by atoms with van der Waals surface area (Å²) in [4.78, 5) is 35.4. The third-order valence-electron chi connectivity index (χ3n) is 3.80. The minimum Gasteiger partial charge on any atom is -0.481 e. The van der Waals surface area contributed by atoms with Crippen LogP contribution in [-0.2, 0) is 20.3 Å². The Morgan fingerprint density at radius 3 is 2.33 bits per heavy atom. The van der Waals surface area contributed by atoms with Crippen molar-refractivity contribution in [3.63, 3.8) is 0 Å². The van der Waals surface area contributed by atoms with Gasteiger partial charge in [0.15, 0.2) is 0 Å². The van der Waals surface area contributed by atoms with Crippen LogP contribution in [0.25, 0.3) is 0 Å². The summed E-state index contributed by atoms with van der Waals surface area (Å²) in [6, 6.07) is 3.42. The lowest BCUT2D eigenvalue weighted by molar-refractivity contribution is -0.143. The number of aliphatic carboxylic acids is 2. The molecule has 7 nitrogen and oxygen atoms in total. The van der Waals surface area contributed by atoms with Gasteiger partial charge in [0.05, 0.1) is 5.92 Å². The highest BCUT2D eigenvalue weighted by Crippen LogP contribution is 2.45. The molecule has 0 saturated carbocycles. The second-order valence-electron chi connectivity index (χ2n) is 5.90. The molecule has 0 radical (unpaired) electrons. The summed E-state index contributed by atoms with van der Waals surface area (Å²) in [7, 11) is -3.25. The number of carboxylic acids is 2. The van der Waals surface area contributed by atoms with E-state index in [0.717, 1.165) is 5.56 Å². The van der Waals surface area contributed by atoms with Gasteiger partial charge in [0.25, 0.3) is 0 Å². The normalized spacial score (nSPS) is 14.7. The Kier molecular flexibility index (Phi) is 8.65. The Morgan fingerprint density at radius 2 is 1.75 bits per heavy atom. The van der Waals surface area contributed by atoms with Crippen molar-refractivity contribution in [3.8, 4) is 0 Å². The minimum absolute atomic E-state index is 0.116. The molecule has 8 heteroatoms. The number of unbranched alkanes of at least 4 members (excludes halogenated alkanes) is 2. The summed E-state index contributed by atoms with van der Waals surface area (Å²) in [5.41, 5.74) is 0.774. The maximum atomic E-state index is 12.1. The van der Waals surface area contributed by atoms with E-state index < -0.39 is 25.2 Å². The van der Waals surface area contributed by atoms with Crippen molar-refractivity contribution in [2.45, 2.75) is 44.7 Å². The van der Waals surface area contributed by atoms with Gasteiger partial charge in [-0.3, -0.25) is 19.1 Å². The molecule has 0 amide bonds. The molecular weight excluding hydrogens is 333 g/mol. The zero-order valence-electron chi connectivity index (χ0n) is 13.5. The van der Waals surface area contributed by atoms with Crippen molar-refractivity contribution < 1.29 is 29.3 Å². The van der Waals surface area contributed by atoms with E-state index in [1.54, 1.807) is 24.5 Å². The topological polar surface area (TPSA) is 125 Å². The number of aromatic nitrogens is 1. The molecule has 0 aliphatic rings. The number of carboxylic acid groups (broad SMARTS) is 2. The summed E-state index contributed by atoms with van der Waals surface area (Å²) < 4.78 is 12.1. The predicted molar refractivity (Wildman–Crippen MR) is 89.1 cm³/mol. The molecule has 3 N–H and O–H groups in total. The first kappa shape index (κ1) is 20.3. The Morgan fingerprint density at radius 1 is 1.08 bits per heavy atom. The molecule has 0 saturated heterocycles. The van der Waals surface area contributed by atoms with Crippen LogP contribution in [0, 0.1) is 5.92 Å². The predicted octanol–water partition coefficient (Wildman–Crippen LogP) is 2.98. The number of nitrogens with zero attached hydrogens (tertiary/aromatic N) is 1. The highest BCUT2D eigenvalue weighted by atomic mass is 31.2. The average Bonchev–Trinajstić information content (AvgIpc) is 2.49. The van der Waals surface area contributed by atoms with E-state index in [2.05, 4.69) is 4.98 Å². The second kappa shape index (κ2) is 10.2. The van der Waals surface area contributed by atoms with Gasteiger partial charge in [0.1, 0.15) is 0 Å². The highest BCUT2D eigenvalue weighted by molar-refractivity contribution is 7.57. The van der Waals surface area contributed by atoms with E-state index in [-0.39, 0.29) is 25.2 Å². The van der Waals surface area contributed by atoms with E-state index >= 15 is 0 Å². The quantitative estimate of drug-likeness (QED) is 0.388. The van der Waals surface area contributed by atoms with Crippen molar-refractivity contribution in [1.82, 2.24) is 4.98 Å². The lowest BCUT2D eigenvalue weighted by atomic mass is 9.96. The van der Waals surface area contributed by atoms with Crippen molar-refractivity contribution in [3.05, 3.63) is 30.1 Å². The fourth-order valence-corrected chi connectivity index (χ4v) is 4.13. The molecule has 1 rings (SSSR count). The molecule has 134 valence electrons. The molecule has 0 fully saturated rings. The van der Waals surface area contributed by atoms with Crippen molar-refractivity contribution in [1.29, 1.82) is 0 Å². The zero-order chi connectivity index (χ0) is 18.0. The number of hydrogen-bond acceptors (Lipinski definition) is 4. The molecule has 2 unspecified atom stereocenters. The fraction of sp³-hybridized carbons (Fsp3) is 0.562. The monoisotopic (exact) mass is 357 g/mol. The number of carbonyl (C=O) groups is 2. The molecule has 0 aliphatic carbocycles. The Labute approximate surface area is 141 Å². The van der Waals surface area contributed by atoms with Crippen LogP contribution in [0.2, 0.25) is 0 Å². The van der Waals surface area contributed by atoms with Crippen LogP contribution in [0.4, 0.5) is 0 Å². The molecule has 1 aromatic rings. The van der Waals surface area contributed by atoms with Gasteiger partial charge in [-0.2, -0.15) is 0 Å². The van der Waals surface area contributed by atoms with E-state index in [1.165, 1.54) is 0 Å². The standard InChI is InChI=1S/C16H24NO6P/c18-15(19)6-5-14(16(20)21)4-2-1-3-11-24(22,23)12-13-7-9-17-10-8-13/h7-10,14H,1-6,11-12H2,(H,18,19)(H,20,21)(H,22,23). The molecule has 0 bridgehead atoms. The molecule has 0 aliphatic heterocycles. The largest absolute Gasteiger partial charge is 0.481 e. The van der Waals surface area contributed by atoms with E-state index in [9.17, 15) is 19.0 Å². The third-order valence-corrected chi connectivity index (χ3v) is 5.67. The van der Waals surface area contributed by atoms with Crippen LogP contribution in [-0.4, -0.2) is 38.2 Å². The Bertz CT molecular complexity index is 577. The average molecular weight is 357 g/mol. The zero-order valence-corrected chi connectivity index (χ0v) is 14.4. The van der Waals surface area contributed by atoms with Crippen LogP contribution in [0.15, 0.2) is 24.5 Å². The first-order valence-corrected chi connectivity index (χ1v) is 9.97. The summed E-state index contributed by atoms with van der Waals surface area (Å²) in [6.07, 6.45) is 5.63. The fourth-order valence-electron chi connectivity index (χ4n) is 2.47. The SMILES string of the molecule is O=C(O)CCC(CCCCCP(=O)(O)Cc1ccncc1)C(=O)O. The molecule has 0 aromatic carbocycles.